The highest BCUT2D eigenvalue weighted by Gasteiger charge is 2.36. The van der Waals surface area contributed by atoms with Crippen molar-refractivity contribution >= 4 is 10.1 Å². The van der Waals surface area contributed by atoms with Crippen LogP contribution in [0.15, 0.2) is 54.6 Å². The van der Waals surface area contributed by atoms with Gasteiger partial charge < -0.3 is 5.32 Å². The van der Waals surface area contributed by atoms with Crippen LogP contribution in [0.5, 0.6) is 0 Å². The maximum Gasteiger partial charge on any atom is 0.264 e. The quantitative estimate of drug-likeness (QED) is 0.802. The molecule has 1 saturated heterocycles. The van der Waals surface area contributed by atoms with Gasteiger partial charge >= 0.3 is 0 Å². The Hall–Kier alpha value is -1.76. The van der Waals surface area contributed by atoms with Gasteiger partial charge in [-0.2, -0.15) is 8.42 Å². The van der Waals surface area contributed by atoms with Crippen molar-refractivity contribution in [2.75, 3.05) is 12.8 Å². The van der Waals surface area contributed by atoms with E-state index >= 15 is 0 Å². The van der Waals surface area contributed by atoms with E-state index < -0.39 is 16.2 Å². The van der Waals surface area contributed by atoms with Gasteiger partial charge in [0.25, 0.3) is 10.1 Å². The molecule has 0 unspecified atom stereocenters. The molecule has 1 fully saturated rings. The normalized spacial score (nSPS) is 20.3. The van der Waals surface area contributed by atoms with Crippen LogP contribution < -0.4 is 5.32 Å². The highest BCUT2D eigenvalue weighted by atomic mass is 32.2. The second kappa shape index (κ2) is 7.64. The second-order valence-corrected chi connectivity index (χ2v) is 8.01. The summed E-state index contributed by atoms with van der Waals surface area (Å²) in [6.07, 6.45) is 2.20. The summed E-state index contributed by atoms with van der Waals surface area (Å²) in [6, 6.07) is 15.7. The van der Waals surface area contributed by atoms with Crippen LogP contribution in [0.4, 0.5) is 4.39 Å². The molecule has 0 saturated carbocycles. The van der Waals surface area contributed by atoms with Crippen LogP contribution in [0.25, 0.3) is 0 Å². The zero-order valence-electron chi connectivity index (χ0n) is 14.1. The lowest BCUT2D eigenvalue weighted by molar-refractivity contribution is 0.153. The van der Waals surface area contributed by atoms with Gasteiger partial charge in [0.05, 0.1) is 6.26 Å². The van der Waals surface area contributed by atoms with Crippen LogP contribution in [0.2, 0.25) is 0 Å². The van der Waals surface area contributed by atoms with Gasteiger partial charge in [-0.3, -0.25) is 4.18 Å². The number of rotatable bonds is 6. The summed E-state index contributed by atoms with van der Waals surface area (Å²) in [6.45, 7) is 0.818. The Bertz CT molecular complexity index is 804. The fraction of sp³-hybridized carbons (Fsp3) is 0.368. The molecule has 3 atom stereocenters. The Balaban J connectivity index is 2.09. The van der Waals surface area contributed by atoms with Crippen LogP contribution >= 0.6 is 0 Å². The molecule has 1 N–H and O–H groups in total. The summed E-state index contributed by atoms with van der Waals surface area (Å²) >= 11 is 0. The number of nitrogens with one attached hydrogen (secondary N) is 1. The van der Waals surface area contributed by atoms with Crippen molar-refractivity contribution in [3.05, 3.63) is 71.5 Å². The topological polar surface area (TPSA) is 55.4 Å². The van der Waals surface area contributed by atoms with Crippen LogP contribution in [0, 0.1) is 5.82 Å². The van der Waals surface area contributed by atoms with E-state index in [0.717, 1.165) is 31.2 Å². The van der Waals surface area contributed by atoms with Gasteiger partial charge in [-0.1, -0.05) is 42.5 Å². The lowest BCUT2D eigenvalue weighted by Crippen LogP contribution is -2.42. The molecule has 0 amide bonds. The summed E-state index contributed by atoms with van der Waals surface area (Å²) in [5.41, 5.74) is 1.60. The molecule has 2 aromatic rings. The van der Waals surface area contributed by atoms with Crippen molar-refractivity contribution in [1.29, 1.82) is 0 Å². The summed E-state index contributed by atoms with van der Waals surface area (Å²) < 4.78 is 43.2. The van der Waals surface area contributed by atoms with Crippen LogP contribution in [-0.2, 0) is 14.3 Å². The van der Waals surface area contributed by atoms with E-state index in [1.54, 1.807) is 6.07 Å². The SMILES string of the molecule is CS(=O)(=O)O[C@H]([C@H](c1ccccc1)c1cccc(F)c1)[C@H]1CCCN1. The maximum absolute atomic E-state index is 13.8. The number of hydrogen-bond acceptors (Lipinski definition) is 4. The van der Waals surface area contributed by atoms with Gasteiger partial charge in [0, 0.05) is 12.0 Å². The van der Waals surface area contributed by atoms with Gasteiger partial charge in [-0.25, -0.2) is 4.39 Å². The van der Waals surface area contributed by atoms with Crippen molar-refractivity contribution < 1.29 is 17.0 Å². The molecular weight excluding hydrogens is 341 g/mol. The predicted molar refractivity (Wildman–Crippen MR) is 95.4 cm³/mol. The predicted octanol–water partition coefficient (Wildman–Crippen LogP) is 3.05. The first kappa shape index (κ1) is 18.0. The molecular formula is C19H22FNO3S. The minimum atomic E-state index is -3.67. The molecule has 4 nitrogen and oxygen atoms in total. The van der Waals surface area contributed by atoms with Gasteiger partial charge in [-0.05, 0) is 42.6 Å². The van der Waals surface area contributed by atoms with Crippen molar-refractivity contribution in [3.8, 4) is 0 Å². The summed E-state index contributed by atoms with van der Waals surface area (Å²) in [7, 11) is -3.67. The first-order valence-corrected chi connectivity index (χ1v) is 10.2. The molecule has 134 valence electrons. The monoisotopic (exact) mass is 363 g/mol. The average Bonchev–Trinajstić information content (AvgIpc) is 3.08. The third-order valence-corrected chi connectivity index (χ3v) is 5.05. The molecule has 6 heteroatoms. The molecule has 1 aliphatic rings. The van der Waals surface area contributed by atoms with E-state index in [2.05, 4.69) is 5.32 Å². The van der Waals surface area contributed by atoms with Gasteiger partial charge in [0.1, 0.15) is 11.9 Å². The molecule has 0 bridgehead atoms. The number of halogens is 1. The van der Waals surface area contributed by atoms with E-state index in [-0.39, 0.29) is 17.8 Å². The number of benzene rings is 2. The zero-order valence-corrected chi connectivity index (χ0v) is 14.9. The van der Waals surface area contributed by atoms with E-state index in [4.69, 9.17) is 4.18 Å². The maximum atomic E-state index is 13.8. The lowest BCUT2D eigenvalue weighted by atomic mass is 9.83. The van der Waals surface area contributed by atoms with Crippen molar-refractivity contribution in [2.24, 2.45) is 0 Å². The molecule has 0 aliphatic carbocycles. The van der Waals surface area contributed by atoms with E-state index in [9.17, 15) is 12.8 Å². The van der Waals surface area contributed by atoms with Crippen molar-refractivity contribution in [3.63, 3.8) is 0 Å². The summed E-state index contributed by atoms with van der Waals surface area (Å²) in [5.74, 6) is -0.738. The molecule has 1 aliphatic heterocycles. The standard InChI is InChI=1S/C19H22FNO3S/c1-25(22,23)24-19(17-11-6-12-21-17)18(14-7-3-2-4-8-14)15-9-5-10-16(20)13-15/h2-5,7-10,13,17-19,21H,6,11-12H2,1H3/t17-,18-,19+/m1/s1. The van der Waals surface area contributed by atoms with E-state index in [1.807, 2.05) is 36.4 Å². The van der Waals surface area contributed by atoms with Crippen LogP contribution in [0.3, 0.4) is 0 Å². The molecule has 0 aromatic heterocycles. The molecule has 25 heavy (non-hydrogen) atoms. The molecule has 0 spiro atoms. The Kier molecular flexibility index (Phi) is 5.51. The number of hydrogen-bond donors (Lipinski definition) is 1. The minimum absolute atomic E-state index is 0.108. The van der Waals surface area contributed by atoms with Crippen molar-refractivity contribution in [1.82, 2.24) is 5.32 Å². The van der Waals surface area contributed by atoms with Gasteiger partial charge in [0.15, 0.2) is 0 Å². The third-order valence-electron chi connectivity index (χ3n) is 4.48. The Morgan fingerprint density at radius 1 is 1.12 bits per heavy atom. The van der Waals surface area contributed by atoms with Gasteiger partial charge in [-0.15, -0.1) is 0 Å². The van der Waals surface area contributed by atoms with Crippen LogP contribution in [0.1, 0.15) is 29.9 Å². The summed E-state index contributed by atoms with van der Waals surface area (Å²) in [5, 5.41) is 3.33. The fourth-order valence-electron chi connectivity index (χ4n) is 3.48. The molecule has 3 rings (SSSR count). The zero-order chi connectivity index (χ0) is 17.9. The largest absolute Gasteiger partial charge is 0.311 e. The smallest absolute Gasteiger partial charge is 0.264 e. The Labute approximate surface area is 148 Å². The van der Waals surface area contributed by atoms with Crippen LogP contribution in [-0.4, -0.2) is 33.4 Å². The minimum Gasteiger partial charge on any atom is -0.311 e. The third kappa shape index (κ3) is 4.66. The summed E-state index contributed by atoms with van der Waals surface area (Å²) in [4.78, 5) is 0. The first-order chi connectivity index (χ1) is 11.9. The molecule has 1 heterocycles. The molecule has 2 aromatic carbocycles. The van der Waals surface area contributed by atoms with E-state index in [0.29, 0.717) is 5.56 Å². The highest BCUT2D eigenvalue weighted by molar-refractivity contribution is 7.86. The molecule has 0 radical (unpaired) electrons. The fourth-order valence-corrected chi connectivity index (χ4v) is 4.13. The van der Waals surface area contributed by atoms with Crippen molar-refractivity contribution in [2.45, 2.75) is 30.9 Å². The first-order valence-electron chi connectivity index (χ1n) is 8.36. The Morgan fingerprint density at radius 2 is 1.84 bits per heavy atom. The average molecular weight is 363 g/mol. The lowest BCUT2D eigenvalue weighted by Gasteiger charge is -2.31. The highest BCUT2D eigenvalue weighted by Crippen LogP contribution is 2.34. The van der Waals surface area contributed by atoms with E-state index in [1.165, 1.54) is 12.1 Å². The second-order valence-electron chi connectivity index (χ2n) is 6.41. The van der Waals surface area contributed by atoms with Gasteiger partial charge in [0.2, 0.25) is 0 Å². The Morgan fingerprint density at radius 3 is 2.44 bits per heavy atom.